The van der Waals surface area contributed by atoms with Gasteiger partial charge >= 0.3 is 5.69 Å². The van der Waals surface area contributed by atoms with Crippen molar-refractivity contribution in [2.75, 3.05) is 32.8 Å². The first kappa shape index (κ1) is 18.8. The Kier molecular flexibility index (Phi) is 4.37. The average molecular weight is 409 g/mol. The Labute approximate surface area is 171 Å². The van der Waals surface area contributed by atoms with Gasteiger partial charge in [0.25, 0.3) is 11.5 Å². The Morgan fingerprint density at radius 3 is 2.67 bits per heavy atom. The van der Waals surface area contributed by atoms with Gasteiger partial charge in [-0.25, -0.2) is 4.79 Å². The molecule has 0 unspecified atom stereocenters. The molecule has 2 aliphatic heterocycles. The molecule has 4 heterocycles. The second kappa shape index (κ2) is 6.96. The van der Waals surface area contributed by atoms with Crippen molar-refractivity contribution in [2.45, 2.75) is 6.54 Å². The molecule has 4 N–H and O–H groups in total. The lowest BCUT2D eigenvalue weighted by molar-refractivity contribution is 0.0714. The third kappa shape index (κ3) is 3.16. The third-order valence-corrected chi connectivity index (χ3v) is 6.40. The molecule has 2 saturated heterocycles. The fraction of sp³-hybridized carbons (Fsp3) is 0.381. The van der Waals surface area contributed by atoms with Crippen LogP contribution in [0.15, 0.2) is 46.0 Å². The first-order valence-electron chi connectivity index (χ1n) is 9.98. The molecule has 1 amide bonds. The zero-order valence-corrected chi connectivity index (χ0v) is 16.4. The molecule has 5 rings (SSSR count). The van der Waals surface area contributed by atoms with Crippen LogP contribution in [0.5, 0.6) is 0 Å². The predicted molar refractivity (Wildman–Crippen MR) is 110 cm³/mol. The lowest BCUT2D eigenvalue weighted by Crippen LogP contribution is -2.39. The molecule has 3 aromatic rings. The van der Waals surface area contributed by atoms with Crippen LogP contribution in [0.2, 0.25) is 0 Å². The summed E-state index contributed by atoms with van der Waals surface area (Å²) >= 11 is 0. The molecular formula is C21H23N5O4. The Hall–Kier alpha value is -3.17. The summed E-state index contributed by atoms with van der Waals surface area (Å²) in [6.07, 6.45) is 0. The van der Waals surface area contributed by atoms with Crippen LogP contribution in [-0.2, 0) is 6.54 Å². The van der Waals surface area contributed by atoms with Gasteiger partial charge in [0.05, 0.1) is 6.61 Å². The van der Waals surface area contributed by atoms with E-state index < -0.39 is 16.7 Å². The maximum atomic E-state index is 13.1. The van der Waals surface area contributed by atoms with Crippen LogP contribution in [-0.4, -0.2) is 68.6 Å². The summed E-state index contributed by atoms with van der Waals surface area (Å²) in [5.74, 6) is 0.0726. The number of carbonyl (C=O) groups excluding carboxylic acids is 1. The highest BCUT2D eigenvalue weighted by Crippen LogP contribution is 2.43. The minimum Gasteiger partial charge on any atom is -0.396 e. The minimum atomic E-state index is -0.524. The lowest BCUT2D eigenvalue weighted by atomic mass is 9.82. The number of aromatic nitrogens is 3. The van der Waals surface area contributed by atoms with Gasteiger partial charge < -0.3 is 20.0 Å². The summed E-state index contributed by atoms with van der Waals surface area (Å²) in [5.41, 5.74) is 0.674. The van der Waals surface area contributed by atoms with E-state index in [9.17, 15) is 19.5 Å². The van der Waals surface area contributed by atoms with Crippen LogP contribution in [0.4, 0.5) is 0 Å². The Morgan fingerprint density at radius 1 is 1.10 bits per heavy atom. The number of benzene rings is 1. The zero-order chi connectivity index (χ0) is 20.9. The monoisotopic (exact) mass is 409 g/mol. The van der Waals surface area contributed by atoms with Crippen molar-refractivity contribution in [3.8, 4) is 0 Å². The summed E-state index contributed by atoms with van der Waals surface area (Å²) in [6.45, 7) is 2.73. The smallest absolute Gasteiger partial charge is 0.325 e. The molecule has 2 aromatic heterocycles. The molecule has 0 spiro atoms. The van der Waals surface area contributed by atoms with E-state index >= 15 is 0 Å². The van der Waals surface area contributed by atoms with E-state index in [0.29, 0.717) is 44.1 Å². The molecule has 2 atom stereocenters. The van der Waals surface area contributed by atoms with Gasteiger partial charge in [-0.2, -0.15) is 0 Å². The highest BCUT2D eigenvalue weighted by Gasteiger charge is 2.53. The number of likely N-dealkylation sites (tertiary alicyclic amines) is 2. The number of para-hydroxylation sites is 1. The van der Waals surface area contributed by atoms with Crippen LogP contribution in [0.3, 0.4) is 0 Å². The number of fused-ring (bicyclic) bond motifs is 2. The topological polar surface area (TPSA) is 125 Å². The number of carbonyl (C=O) groups is 1. The van der Waals surface area contributed by atoms with Gasteiger partial charge in [-0.1, -0.05) is 18.2 Å². The summed E-state index contributed by atoms with van der Waals surface area (Å²) in [6, 6.07) is 11.0. The maximum absolute atomic E-state index is 13.1. The van der Waals surface area contributed by atoms with Crippen molar-refractivity contribution in [3.05, 3.63) is 68.6 Å². The van der Waals surface area contributed by atoms with E-state index in [-0.39, 0.29) is 18.4 Å². The molecule has 9 heteroatoms. The number of aliphatic hydroxyl groups excluding tert-OH is 1. The van der Waals surface area contributed by atoms with Crippen LogP contribution in [0, 0.1) is 11.3 Å². The highest BCUT2D eigenvalue weighted by molar-refractivity contribution is 5.98. The van der Waals surface area contributed by atoms with E-state index in [4.69, 9.17) is 0 Å². The van der Waals surface area contributed by atoms with Gasteiger partial charge in [0.1, 0.15) is 5.69 Å². The van der Waals surface area contributed by atoms with Gasteiger partial charge in [0, 0.05) is 60.8 Å². The first-order valence-corrected chi connectivity index (χ1v) is 9.98. The molecule has 0 saturated carbocycles. The van der Waals surface area contributed by atoms with Gasteiger partial charge in [-0.15, -0.1) is 0 Å². The molecule has 2 aliphatic rings. The van der Waals surface area contributed by atoms with Crippen LogP contribution < -0.4 is 11.2 Å². The molecular weight excluding hydrogens is 386 g/mol. The van der Waals surface area contributed by atoms with Gasteiger partial charge in [0.2, 0.25) is 0 Å². The number of hydrogen-bond acceptors (Lipinski definition) is 5. The summed E-state index contributed by atoms with van der Waals surface area (Å²) < 4.78 is 0. The number of H-pyrrole nitrogens is 3. The molecule has 0 radical (unpaired) electrons. The molecule has 2 fully saturated rings. The van der Waals surface area contributed by atoms with E-state index in [2.05, 4.69) is 19.9 Å². The number of nitrogens with zero attached hydrogens (tertiary/aromatic N) is 2. The van der Waals surface area contributed by atoms with E-state index in [1.165, 1.54) is 6.07 Å². The normalized spacial score (nSPS) is 23.9. The van der Waals surface area contributed by atoms with Crippen molar-refractivity contribution in [1.82, 2.24) is 24.8 Å². The molecule has 0 aliphatic carbocycles. The minimum absolute atomic E-state index is 0.0173. The largest absolute Gasteiger partial charge is 0.396 e. The number of hydrogen-bond donors (Lipinski definition) is 4. The van der Waals surface area contributed by atoms with Crippen molar-refractivity contribution >= 4 is 16.8 Å². The molecule has 0 bridgehead atoms. The van der Waals surface area contributed by atoms with Crippen LogP contribution in [0.25, 0.3) is 10.9 Å². The van der Waals surface area contributed by atoms with Crippen molar-refractivity contribution in [3.63, 3.8) is 0 Å². The van der Waals surface area contributed by atoms with Crippen molar-refractivity contribution < 1.29 is 9.90 Å². The van der Waals surface area contributed by atoms with Crippen molar-refractivity contribution in [2.24, 2.45) is 11.3 Å². The number of aliphatic hydroxyl groups is 1. The number of rotatable bonds is 4. The fourth-order valence-corrected chi connectivity index (χ4v) is 4.99. The Morgan fingerprint density at radius 2 is 1.93 bits per heavy atom. The quantitative estimate of drug-likeness (QED) is 0.487. The summed E-state index contributed by atoms with van der Waals surface area (Å²) in [7, 11) is 0. The first-order chi connectivity index (χ1) is 14.5. The fourth-order valence-electron chi connectivity index (χ4n) is 4.99. The van der Waals surface area contributed by atoms with E-state index in [1.807, 2.05) is 35.2 Å². The van der Waals surface area contributed by atoms with E-state index in [1.54, 1.807) is 0 Å². The second-order valence-corrected chi connectivity index (χ2v) is 8.46. The SMILES string of the molecule is O=C(c1cc2ccccc2[nH]1)N1C[C@@H]2CN(Cc3cc(=O)[nH]c(=O)[nH]3)C[C@]2(CO)C1. The van der Waals surface area contributed by atoms with Gasteiger partial charge in [-0.05, 0) is 18.1 Å². The van der Waals surface area contributed by atoms with E-state index in [0.717, 1.165) is 10.9 Å². The van der Waals surface area contributed by atoms with Crippen LogP contribution >= 0.6 is 0 Å². The lowest BCUT2D eigenvalue weighted by Gasteiger charge is -2.27. The number of amides is 1. The maximum Gasteiger partial charge on any atom is 0.325 e. The van der Waals surface area contributed by atoms with Gasteiger partial charge in [-0.3, -0.25) is 19.5 Å². The third-order valence-electron chi connectivity index (χ3n) is 6.40. The predicted octanol–water partition coefficient (Wildman–Crippen LogP) is 0.111. The molecule has 1 aromatic carbocycles. The van der Waals surface area contributed by atoms with Crippen LogP contribution in [0.1, 0.15) is 16.2 Å². The van der Waals surface area contributed by atoms with Gasteiger partial charge in [0.15, 0.2) is 0 Å². The second-order valence-electron chi connectivity index (χ2n) is 8.46. The highest BCUT2D eigenvalue weighted by atomic mass is 16.3. The Bertz CT molecular complexity index is 1170. The number of aromatic amines is 3. The zero-order valence-electron chi connectivity index (χ0n) is 16.4. The number of nitrogens with one attached hydrogen (secondary N) is 3. The summed E-state index contributed by atoms with van der Waals surface area (Å²) in [5, 5.41) is 11.2. The Balaban J connectivity index is 1.32. The molecule has 156 valence electrons. The average Bonchev–Trinajstić information content (AvgIpc) is 3.36. The van der Waals surface area contributed by atoms with Crippen molar-refractivity contribution in [1.29, 1.82) is 0 Å². The molecule has 30 heavy (non-hydrogen) atoms. The molecule has 9 nitrogen and oxygen atoms in total. The summed E-state index contributed by atoms with van der Waals surface area (Å²) in [4.78, 5) is 48.1. The standard InChI is InChI=1S/C21H23N5O4/c27-12-21-10-25(9-15-6-18(28)24-20(30)22-15)7-14(21)8-26(11-21)19(29)17-5-13-3-1-2-4-16(13)23-17/h1-6,14,23,27H,7-12H2,(H2,22,24,28,30)/t14-,21+/m0/s1.